The van der Waals surface area contributed by atoms with Crippen LogP contribution >= 0.6 is 7.75 Å². The molecule has 1 saturated heterocycles. The third-order valence-electron chi connectivity index (χ3n) is 4.21. The van der Waals surface area contributed by atoms with E-state index in [0.717, 1.165) is 16.8 Å². The first-order chi connectivity index (χ1) is 13.7. The van der Waals surface area contributed by atoms with Gasteiger partial charge in [0.1, 0.15) is 18.0 Å². The highest BCUT2D eigenvalue weighted by atomic mass is 31.2. The Labute approximate surface area is 164 Å². The number of ether oxygens (including phenoxy) is 1. The van der Waals surface area contributed by atoms with Gasteiger partial charge in [-0.25, -0.2) is 14.9 Å². The van der Waals surface area contributed by atoms with Crippen molar-refractivity contribution in [2.75, 3.05) is 6.61 Å². The molecule has 3 rings (SSSR count). The molecule has 0 saturated carbocycles. The summed E-state index contributed by atoms with van der Waals surface area (Å²) in [5.41, 5.74) is 1.61. The van der Waals surface area contributed by atoms with Gasteiger partial charge >= 0.3 is 13.4 Å². The van der Waals surface area contributed by atoms with Gasteiger partial charge < -0.3 is 19.5 Å². The number of aromatic amines is 1. The highest BCUT2D eigenvalue weighted by molar-refractivity contribution is 7.51. The third-order valence-corrected chi connectivity index (χ3v) is 5.19. The second-order valence-electron chi connectivity index (χ2n) is 6.20. The predicted octanol–water partition coefficient (Wildman–Crippen LogP) is -0.678. The molecule has 1 aliphatic heterocycles. The lowest BCUT2D eigenvalue weighted by molar-refractivity contribution is -0.0756. The fourth-order valence-corrected chi connectivity index (χ4v) is 3.60. The Bertz CT molecular complexity index is 1080. The SMILES string of the molecule is C#CC1(O)C(O)C(COP(N)(=O)Oc2ccccc2)OC1n1ccc(=O)[nH]c1=O. The van der Waals surface area contributed by atoms with E-state index in [0.29, 0.717) is 0 Å². The molecule has 1 fully saturated rings. The predicted molar refractivity (Wildman–Crippen MR) is 99.8 cm³/mol. The van der Waals surface area contributed by atoms with Crippen molar-refractivity contribution >= 4 is 7.75 Å². The second-order valence-corrected chi connectivity index (χ2v) is 7.72. The van der Waals surface area contributed by atoms with Gasteiger partial charge in [-0.1, -0.05) is 24.1 Å². The van der Waals surface area contributed by atoms with Crippen LogP contribution in [0.3, 0.4) is 0 Å². The van der Waals surface area contributed by atoms with E-state index in [1.54, 1.807) is 18.2 Å². The van der Waals surface area contributed by atoms with E-state index in [9.17, 15) is 24.4 Å². The summed E-state index contributed by atoms with van der Waals surface area (Å²) in [4.78, 5) is 25.2. The van der Waals surface area contributed by atoms with Crippen LogP contribution < -0.4 is 21.3 Å². The number of benzene rings is 1. The molecule has 0 bridgehead atoms. The fourth-order valence-electron chi connectivity index (χ4n) is 2.78. The van der Waals surface area contributed by atoms with Gasteiger partial charge in [-0.2, -0.15) is 0 Å². The molecule has 1 aromatic carbocycles. The van der Waals surface area contributed by atoms with Gasteiger partial charge in [0.2, 0.25) is 0 Å². The molecule has 29 heavy (non-hydrogen) atoms. The maximum Gasteiger partial charge on any atom is 0.456 e. The molecular formula is C17H18N3O8P. The quantitative estimate of drug-likeness (QED) is 0.348. The average Bonchev–Trinajstić information content (AvgIpc) is 2.92. The number of nitrogens with zero attached hydrogens (tertiary/aromatic N) is 1. The first kappa shape index (κ1) is 21.0. The van der Waals surface area contributed by atoms with Gasteiger partial charge in [-0.3, -0.25) is 18.9 Å². The minimum atomic E-state index is -4.09. The molecule has 2 heterocycles. The van der Waals surface area contributed by atoms with Crippen LogP contribution in [0.1, 0.15) is 6.23 Å². The number of aliphatic hydroxyl groups excluding tert-OH is 1. The first-order valence-electron chi connectivity index (χ1n) is 8.29. The van der Waals surface area contributed by atoms with E-state index >= 15 is 0 Å². The van der Waals surface area contributed by atoms with E-state index in [1.165, 1.54) is 12.1 Å². The minimum absolute atomic E-state index is 0.198. The van der Waals surface area contributed by atoms with Crippen LogP contribution in [-0.4, -0.2) is 44.2 Å². The van der Waals surface area contributed by atoms with Crippen molar-refractivity contribution in [3.63, 3.8) is 0 Å². The summed E-state index contributed by atoms with van der Waals surface area (Å²) in [6.07, 6.45) is 1.81. The van der Waals surface area contributed by atoms with Crippen molar-refractivity contribution in [3.05, 3.63) is 63.4 Å². The van der Waals surface area contributed by atoms with Gasteiger partial charge in [0.25, 0.3) is 5.56 Å². The number of rotatable bonds is 6. The zero-order valence-corrected chi connectivity index (χ0v) is 15.8. The van der Waals surface area contributed by atoms with Gasteiger partial charge in [-0.05, 0) is 12.1 Å². The molecule has 2 aromatic rings. The van der Waals surface area contributed by atoms with E-state index < -0.39 is 49.6 Å². The van der Waals surface area contributed by atoms with Crippen molar-refractivity contribution in [3.8, 4) is 18.1 Å². The van der Waals surface area contributed by atoms with Crippen molar-refractivity contribution in [2.24, 2.45) is 5.50 Å². The molecule has 0 amide bonds. The van der Waals surface area contributed by atoms with Crippen molar-refractivity contribution in [1.82, 2.24) is 9.55 Å². The van der Waals surface area contributed by atoms with Crippen LogP contribution in [0.15, 0.2) is 52.2 Å². The molecule has 1 aromatic heterocycles. The normalized spacial score (nSPS) is 28.4. The number of aliphatic hydroxyl groups is 2. The number of nitrogens with one attached hydrogen (secondary N) is 1. The summed E-state index contributed by atoms with van der Waals surface area (Å²) in [6.45, 7) is -0.569. The summed E-state index contributed by atoms with van der Waals surface area (Å²) in [6, 6.07) is 9.04. The lowest BCUT2D eigenvalue weighted by Gasteiger charge is -2.26. The summed E-state index contributed by atoms with van der Waals surface area (Å²) >= 11 is 0. The zero-order valence-electron chi connectivity index (χ0n) is 14.9. The number of nitrogens with two attached hydrogens (primary N) is 1. The van der Waals surface area contributed by atoms with Gasteiger partial charge in [-0.15, -0.1) is 6.42 Å². The lowest BCUT2D eigenvalue weighted by Crippen LogP contribution is -2.48. The molecule has 0 radical (unpaired) electrons. The Morgan fingerprint density at radius 3 is 2.66 bits per heavy atom. The maximum absolute atomic E-state index is 12.3. The zero-order chi connectivity index (χ0) is 21.2. The molecule has 1 aliphatic rings. The molecule has 12 heteroatoms. The highest BCUT2D eigenvalue weighted by Crippen LogP contribution is 2.43. The monoisotopic (exact) mass is 423 g/mol. The first-order valence-corrected chi connectivity index (χ1v) is 9.90. The largest absolute Gasteiger partial charge is 0.456 e. The Hall–Kier alpha value is -2.71. The van der Waals surface area contributed by atoms with Gasteiger partial charge in [0, 0.05) is 12.3 Å². The summed E-state index contributed by atoms with van der Waals surface area (Å²) in [7, 11) is -4.09. The van der Waals surface area contributed by atoms with Crippen LogP contribution in [0, 0.1) is 12.3 Å². The Morgan fingerprint density at radius 1 is 1.34 bits per heavy atom. The Morgan fingerprint density at radius 2 is 2.03 bits per heavy atom. The summed E-state index contributed by atoms with van der Waals surface area (Å²) < 4.78 is 28.8. The number of terminal acetylenes is 1. The van der Waals surface area contributed by atoms with Crippen LogP contribution in [0.4, 0.5) is 0 Å². The standard InChI is InChI=1S/C17H18N3O8P/c1-2-17(24)14(22)12(27-15(17)20-9-8-13(21)19-16(20)23)10-26-29(18,25)28-11-6-4-3-5-7-11/h1,3-9,12,14-15,22,24H,10H2,(H2,18,25)(H,19,21,23). The summed E-state index contributed by atoms with van der Waals surface area (Å²) in [5, 5.41) is 21.1. The number of hydrogen-bond donors (Lipinski definition) is 4. The maximum atomic E-state index is 12.3. The molecule has 154 valence electrons. The van der Waals surface area contributed by atoms with E-state index in [1.807, 2.05) is 10.9 Å². The van der Waals surface area contributed by atoms with Crippen LogP contribution in [0.25, 0.3) is 0 Å². The number of hydrogen-bond acceptors (Lipinski definition) is 8. The minimum Gasteiger partial charge on any atom is -0.413 e. The number of H-pyrrole nitrogens is 1. The molecule has 5 N–H and O–H groups in total. The Kier molecular flexibility index (Phi) is 5.77. The van der Waals surface area contributed by atoms with Crippen LogP contribution in [0.2, 0.25) is 0 Å². The molecule has 11 nitrogen and oxygen atoms in total. The molecule has 0 aliphatic carbocycles. The number of aromatic nitrogens is 2. The average molecular weight is 423 g/mol. The van der Waals surface area contributed by atoms with Crippen LogP contribution in [-0.2, 0) is 13.8 Å². The topological polar surface area (TPSA) is 166 Å². The molecular weight excluding hydrogens is 405 g/mol. The van der Waals surface area contributed by atoms with Crippen molar-refractivity contribution < 1.29 is 28.6 Å². The lowest BCUT2D eigenvalue weighted by atomic mass is 9.95. The number of para-hydroxylation sites is 1. The summed E-state index contributed by atoms with van der Waals surface area (Å²) in [5.74, 6) is 2.19. The van der Waals surface area contributed by atoms with Crippen LogP contribution in [0.5, 0.6) is 5.75 Å². The highest BCUT2D eigenvalue weighted by Gasteiger charge is 2.56. The van der Waals surface area contributed by atoms with Gasteiger partial charge in [0.05, 0.1) is 6.61 Å². The molecule has 5 atom stereocenters. The molecule has 5 unspecified atom stereocenters. The van der Waals surface area contributed by atoms with Gasteiger partial charge in [0.15, 0.2) is 11.8 Å². The van der Waals surface area contributed by atoms with Crippen molar-refractivity contribution in [1.29, 1.82) is 0 Å². The van der Waals surface area contributed by atoms with Crippen molar-refractivity contribution in [2.45, 2.75) is 24.0 Å². The third kappa shape index (κ3) is 4.33. The second kappa shape index (κ2) is 7.96. The van der Waals surface area contributed by atoms with E-state index in [4.69, 9.17) is 25.7 Å². The smallest absolute Gasteiger partial charge is 0.413 e. The Balaban J connectivity index is 1.77. The fraction of sp³-hybridized carbons (Fsp3) is 0.294. The molecule has 0 spiro atoms. The van der Waals surface area contributed by atoms with E-state index in [-0.39, 0.29) is 5.75 Å². The van der Waals surface area contributed by atoms with E-state index in [2.05, 4.69) is 0 Å².